The Morgan fingerprint density at radius 2 is 1.94 bits per heavy atom. The summed E-state index contributed by atoms with van der Waals surface area (Å²) >= 11 is 0. The molecule has 0 aliphatic carbocycles. The van der Waals surface area contributed by atoms with Gasteiger partial charge in [-0.1, -0.05) is 31.5 Å². The largest absolute Gasteiger partial charge is 0.339 e. The normalized spacial score (nSPS) is 11.3. The van der Waals surface area contributed by atoms with Crippen molar-refractivity contribution < 1.29 is 0 Å². The maximum Gasteiger partial charge on any atom is 0.138 e. The Balaban J connectivity index is 2.28. The minimum atomic E-state index is 1.01. The van der Waals surface area contributed by atoms with E-state index in [0.29, 0.717) is 0 Å². The third-order valence-electron chi connectivity index (χ3n) is 2.93. The van der Waals surface area contributed by atoms with Gasteiger partial charge < -0.3 is 4.98 Å². The maximum absolute atomic E-state index is 4.65. The highest BCUT2D eigenvalue weighted by Crippen LogP contribution is 2.23. The fraction of sp³-hybridized carbons (Fsp3) is 0.214. The van der Waals surface area contributed by atoms with Gasteiger partial charge in [0.15, 0.2) is 0 Å². The molecule has 0 aliphatic heterocycles. The highest BCUT2D eigenvalue weighted by molar-refractivity contribution is 6.05. The van der Waals surface area contributed by atoms with Gasteiger partial charge in [-0.3, -0.25) is 0 Å². The molecule has 0 spiro atoms. The highest BCUT2D eigenvalue weighted by atomic mass is 14.9. The number of H-pyrrole nitrogens is 1. The smallest absolute Gasteiger partial charge is 0.138 e. The number of fused-ring (bicyclic) bond motifs is 3. The third-order valence-corrected chi connectivity index (χ3v) is 2.93. The zero-order valence-corrected chi connectivity index (χ0v) is 9.33. The Labute approximate surface area is 94.3 Å². The molecule has 0 aliphatic rings. The van der Waals surface area contributed by atoms with E-state index in [1.807, 2.05) is 6.07 Å². The summed E-state index contributed by atoms with van der Waals surface area (Å²) in [6.45, 7) is 2.18. The van der Waals surface area contributed by atoms with Crippen LogP contribution in [-0.4, -0.2) is 9.97 Å². The minimum absolute atomic E-state index is 1.01. The highest BCUT2D eigenvalue weighted by Gasteiger charge is 2.04. The first-order chi connectivity index (χ1) is 7.88. The van der Waals surface area contributed by atoms with Crippen molar-refractivity contribution in [1.82, 2.24) is 9.97 Å². The van der Waals surface area contributed by atoms with Crippen molar-refractivity contribution >= 4 is 21.9 Å². The molecule has 80 valence electrons. The van der Waals surface area contributed by atoms with E-state index in [9.17, 15) is 0 Å². The number of aryl methyl sites for hydroxylation is 1. The number of para-hydroxylation sites is 1. The molecule has 2 heteroatoms. The third kappa shape index (κ3) is 1.38. The van der Waals surface area contributed by atoms with E-state index in [4.69, 9.17) is 0 Å². The Bertz CT molecular complexity index is 637. The first-order valence-corrected chi connectivity index (χ1v) is 5.75. The number of nitrogens with zero attached hydrogens (tertiary/aromatic N) is 1. The molecule has 1 N–H and O–H groups in total. The first-order valence-electron chi connectivity index (χ1n) is 5.75. The second-order valence-electron chi connectivity index (χ2n) is 4.12. The number of rotatable bonds is 2. The van der Waals surface area contributed by atoms with Crippen LogP contribution in [-0.2, 0) is 6.42 Å². The van der Waals surface area contributed by atoms with Crippen LogP contribution in [0.15, 0.2) is 36.4 Å². The zero-order valence-electron chi connectivity index (χ0n) is 9.33. The average Bonchev–Trinajstić information content (AvgIpc) is 2.67. The number of pyridine rings is 1. The molecule has 0 saturated carbocycles. The van der Waals surface area contributed by atoms with E-state index in [0.717, 1.165) is 18.5 Å². The number of aromatic amines is 1. The molecule has 2 aromatic heterocycles. The second-order valence-corrected chi connectivity index (χ2v) is 4.12. The monoisotopic (exact) mass is 210 g/mol. The lowest BCUT2D eigenvalue weighted by atomic mass is 10.1. The second kappa shape index (κ2) is 3.63. The number of aromatic nitrogens is 2. The topological polar surface area (TPSA) is 28.7 Å². The Hall–Kier alpha value is -1.83. The predicted octanol–water partition coefficient (Wildman–Crippen LogP) is 3.67. The van der Waals surface area contributed by atoms with Gasteiger partial charge >= 0.3 is 0 Å². The van der Waals surface area contributed by atoms with Crippen molar-refractivity contribution in [3.05, 3.63) is 42.1 Å². The van der Waals surface area contributed by atoms with Crippen LogP contribution in [0.4, 0.5) is 0 Å². The van der Waals surface area contributed by atoms with Crippen molar-refractivity contribution in [3.63, 3.8) is 0 Å². The predicted molar refractivity (Wildman–Crippen MR) is 67.6 cm³/mol. The van der Waals surface area contributed by atoms with Gasteiger partial charge in [0, 0.05) is 22.0 Å². The Morgan fingerprint density at radius 1 is 1.06 bits per heavy atom. The summed E-state index contributed by atoms with van der Waals surface area (Å²) in [7, 11) is 0. The first kappa shape index (κ1) is 9.40. The summed E-state index contributed by atoms with van der Waals surface area (Å²) in [4.78, 5) is 8.01. The van der Waals surface area contributed by atoms with Crippen LogP contribution >= 0.6 is 0 Å². The standard InChI is InChI=1S/C14H14N2/c1-2-5-10-8-9-12-11-6-3-4-7-13(11)16-14(12)15-10/h3-4,6-9H,2,5H2,1H3,(H,15,16). The fourth-order valence-electron chi connectivity index (χ4n) is 2.16. The lowest BCUT2D eigenvalue weighted by Gasteiger charge is -1.97. The van der Waals surface area contributed by atoms with E-state index in [1.165, 1.54) is 22.0 Å². The van der Waals surface area contributed by atoms with Crippen molar-refractivity contribution in [3.8, 4) is 0 Å². The van der Waals surface area contributed by atoms with Crippen LogP contribution in [0.1, 0.15) is 19.0 Å². The van der Waals surface area contributed by atoms with Crippen LogP contribution in [0, 0.1) is 0 Å². The Morgan fingerprint density at radius 3 is 2.81 bits per heavy atom. The van der Waals surface area contributed by atoms with E-state index in [-0.39, 0.29) is 0 Å². The molecule has 0 fully saturated rings. The van der Waals surface area contributed by atoms with Gasteiger partial charge in [-0.15, -0.1) is 0 Å². The number of hydrogen-bond acceptors (Lipinski definition) is 1. The SMILES string of the molecule is CCCc1ccc2c(n1)[nH]c1ccccc12. The minimum Gasteiger partial charge on any atom is -0.339 e. The van der Waals surface area contributed by atoms with Gasteiger partial charge in [0.2, 0.25) is 0 Å². The van der Waals surface area contributed by atoms with Gasteiger partial charge in [-0.25, -0.2) is 4.98 Å². The summed E-state index contributed by atoms with van der Waals surface area (Å²) in [5.41, 5.74) is 3.34. The molecule has 0 radical (unpaired) electrons. The number of benzene rings is 1. The van der Waals surface area contributed by atoms with Gasteiger partial charge in [-0.2, -0.15) is 0 Å². The quantitative estimate of drug-likeness (QED) is 0.687. The van der Waals surface area contributed by atoms with Crippen molar-refractivity contribution in [2.75, 3.05) is 0 Å². The average molecular weight is 210 g/mol. The van der Waals surface area contributed by atoms with Crippen LogP contribution in [0.5, 0.6) is 0 Å². The number of nitrogens with one attached hydrogen (secondary N) is 1. The molecular weight excluding hydrogens is 196 g/mol. The van der Waals surface area contributed by atoms with Crippen LogP contribution in [0.2, 0.25) is 0 Å². The van der Waals surface area contributed by atoms with Gasteiger partial charge in [0.25, 0.3) is 0 Å². The molecule has 3 rings (SSSR count). The molecule has 0 bridgehead atoms. The van der Waals surface area contributed by atoms with Crippen LogP contribution in [0.3, 0.4) is 0 Å². The zero-order chi connectivity index (χ0) is 11.0. The lowest BCUT2D eigenvalue weighted by molar-refractivity contribution is 0.888. The lowest BCUT2D eigenvalue weighted by Crippen LogP contribution is -1.88. The summed E-state index contributed by atoms with van der Waals surface area (Å²) in [5, 5.41) is 2.48. The summed E-state index contributed by atoms with van der Waals surface area (Å²) < 4.78 is 0. The van der Waals surface area contributed by atoms with Crippen molar-refractivity contribution in [2.24, 2.45) is 0 Å². The summed E-state index contributed by atoms with van der Waals surface area (Å²) in [5.74, 6) is 0. The van der Waals surface area contributed by atoms with Crippen molar-refractivity contribution in [1.29, 1.82) is 0 Å². The van der Waals surface area contributed by atoms with Crippen LogP contribution < -0.4 is 0 Å². The molecule has 3 aromatic rings. The molecule has 0 unspecified atom stereocenters. The molecule has 2 heterocycles. The molecule has 2 nitrogen and oxygen atoms in total. The molecule has 16 heavy (non-hydrogen) atoms. The molecule has 0 amide bonds. The Kier molecular flexibility index (Phi) is 2.13. The van der Waals surface area contributed by atoms with Crippen molar-refractivity contribution in [2.45, 2.75) is 19.8 Å². The van der Waals surface area contributed by atoms with E-state index in [1.54, 1.807) is 0 Å². The van der Waals surface area contributed by atoms with Crippen LogP contribution in [0.25, 0.3) is 21.9 Å². The molecular formula is C14H14N2. The molecule has 1 aromatic carbocycles. The maximum atomic E-state index is 4.65. The summed E-state index contributed by atoms with van der Waals surface area (Å²) in [6.07, 6.45) is 2.18. The van der Waals surface area contributed by atoms with E-state index >= 15 is 0 Å². The molecule has 0 saturated heterocycles. The fourth-order valence-corrected chi connectivity index (χ4v) is 2.16. The van der Waals surface area contributed by atoms with E-state index < -0.39 is 0 Å². The van der Waals surface area contributed by atoms with Gasteiger partial charge in [-0.05, 0) is 24.6 Å². The van der Waals surface area contributed by atoms with Gasteiger partial charge in [0.05, 0.1) is 0 Å². The van der Waals surface area contributed by atoms with Gasteiger partial charge in [0.1, 0.15) is 5.65 Å². The van der Waals surface area contributed by atoms with E-state index in [2.05, 4.69) is 47.2 Å². The number of hydrogen-bond donors (Lipinski definition) is 1. The molecule has 0 atom stereocenters. The summed E-state index contributed by atoms with van der Waals surface area (Å²) in [6, 6.07) is 12.6.